The van der Waals surface area contributed by atoms with Crippen LogP contribution in [0.1, 0.15) is 54.8 Å². The van der Waals surface area contributed by atoms with Crippen LogP contribution >= 0.6 is 0 Å². The summed E-state index contributed by atoms with van der Waals surface area (Å²) in [7, 11) is 0. The average Bonchev–Trinajstić information content (AvgIpc) is 3.34. The van der Waals surface area contributed by atoms with Crippen LogP contribution in [0.15, 0.2) is 47.0 Å². The molecule has 162 valence electrons. The third kappa shape index (κ3) is 4.72. The highest BCUT2D eigenvalue weighted by Gasteiger charge is 2.29. The van der Waals surface area contributed by atoms with Crippen LogP contribution in [0.2, 0.25) is 0 Å². The summed E-state index contributed by atoms with van der Waals surface area (Å²) in [6, 6.07) is 12.8. The molecule has 5 nitrogen and oxygen atoms in total. The van der Waals surface area contributed by atoms with Gasteiger partial charge >= 0.3 is 0 Å². The van der Waals surface area contributed by atoms with Gasteiger partial charge in [0.1, 0.15) is 0 Å². The molecular formula is C26H30N2O3. The number of oxazole rings is 1. The number of amides is 1. The SMILES string of the molecule is CCOCc1ccc(C)c(Cc2ncc(-c3cc(C)cc(N4C(=O)CCC4C)c3)o2)c1. The van der Waals surface area contributed by atoms with Gasteiger partial charge in [-0.3, -0.25) is 4.79 Å². The number of nitrogens with zero attached hydrogens (tertiary/aromatic N) is 2. The number of aryl methyl sites for hydroxylation is 2. The second-order valence-corrected chi connectivity index (χ2v) is 8.40. The Hall–Kier alpha value is -2.92. The molecule has 0 N–H and O–H groups in total. The number of carbonyl (C=O) groups is 1. The van der Waals surface area contributed by atoms with Gasteiger partial charge in [0.25, 0.3) is 0 Å². The normalized spacial score (nSPS) is 16.3. The van der Waals surface area contributed by atoms with Crippen LogP contribution in [-0.4, -0.2) is 23.5 Å². The van der Waals surface area contributed by atoms with Gasteiger partial charge in [-0.15, -0.1) is 0 Å². The van der Waals surface area contributed by atoms with Crippen molar-refractivity contribution in [3.05, 3.63) is 70.7 Å². The lowest BCUT2D eigenvalue weighted by Gasteiger charge is -2.22. The van der Waals surface area contributed by atoms with Gasteiger partial charge < -0.3 is 14.1 Å². The van der Waals surface area contributed by atoms with Crippen LogP contribution in [0.3, 0.4) is 0 Å². The first kappa shape index (κ1) is 21.3. The summed E-state index contributed by atoms with van der Waals surface area (Å²) < 4.78 is 11.7. The van der Waals surface area contributed by atoms with Crippen LogP contribution < -0.4 is 4.90 Å². The molecule has 1 aliphatic rings. The maximum Gasteiger partial charge on any atom is 0.227 e. The molecule has 1 aliphatic heterocycles. The standard InChI is InChI=1S/C26H30N2O3/c1-5-30-16-20-8-6-18(3)21(12-20)14-25-27-15-24(31-25)22-10-17(2)11-23(13-22)28-19(4)7-9-26(28)29/h6,8,10-13,15,19H,5,7,9,14,16H2,1-4H3. The molecule has 3 aromatic rings. The fourth-order valence-electron chi connectivity index (χ4n) is 4.18. The Balaban J connectivity index is 1.58. The third-order valence-electron chi connectivity index (χ3n) is 5.89. The predicted octanol–water partition coefficient (Wildman–Crippen LogP) is 5.60. The first-order valence-corrected chi connectivity index (χ1v) is 11.0. The molecule has 0 bridgehead atoms. The van der Waals surface area contributed by atoms with E-state index in [9.17, 15) is 4.79 Å². The minimum absolute atomic E-state index is 0.185. The number of hydrogen-bond donors (Lipinski definition) is 0. The van der Waals surface area contributed by atoms with Crippen LogP contribution in [-0.2, 0) is 22.6 Å². The molecule has 0 spiro atoms. The summed E-state index contributed by atoms with van der Waals surface area (Å²) >= 11 is 0. The van der Waals surface area contributed by atoms with Crippen LogP contribution in [0.5, 0.6) is 0 Å². The molecular weight excluding hydrogens is 388 g/mol. The van der Waals surface area contributed by atoms with E-state index in [1.54, 1.807) is 6.20 Å². The van der Waals surface area contributed by atoms with Gasteiger partial charge in [0.05, 0.1) is 12.8 Å². The van der Waals surface area contributed by atoms with Crippen molar-refractivity contribution in [3.63, 3.8) is 0 Å². The Morgan fingerprint density at radius 2 is 2.03 bits per heavy atom. The van der Waals surface area contributed by atoms with Crippen molar-refractivity contribution in [2.24, 2.45) is 0 Å². The second kappa shape index (κ2) is 9.06. The summed E-state index contributed by atoms with van der Waals surface area (Å²) in [5.41, 5.74) is 6.52. The van der Waals surface area contributed by atoms with E-state index in [0.29, 0.717) is 31.9 Å². The van der Waals surface area contributed by atoms with Gasteiger partial charge in [0.2, 0.25) is 5.91 Å². The number of hydrogen-bond acceptors (Lipinski definition) is 4. The molecule has 5 heteroatoms. The van der Waals surface area contributed by atoms with E-state index in [4.69, 9.17) is 9.15 Å². The third-order valence-corrected chi connectivity index (χ3v) is 5.89. The number of ether oxygens (including phenoxy) is 1. The Morgan fingerprint density at radius 3 is 2.77 bits per heavy atom. The topological polar surface area (TPSA) is 55.6 Å². The lowest BCUT2D eigenvalue weighted by Crippen LogP contribution is -2.30. The monoisotopic (exact) mass is 418 g/mol. The van der Waals surface area contributed by atoms with Gasteiger partial charge in [-0.05, 0) is 74.6 Å². The molecule has 1 atom stereocenters. The van der Waals surface area contributed by atoms with Gasteiger partial charge in [0, 0.05) is 36.7 Å². The molecule has 2 heterocycles. The zero-order valence-electron chi connectivity index (χ0n) is 18.8. The van der Waals surface area contributed by atoms with E-state index in [-0.39, 0.29) is 11.9 Å². The molecule has 1 amide bonds. The second-order valence-electron chi connectivity index (χ2n) is 8.40. The van der Waals surface area contributed by atoms with Gasteiger partial charge in [-0.1, -0.05) is 18.2 Å². The van der Waals surface area contributed by atoms with Crippen LogP contribution in [0, 0.1) is 13.8 Å². The van der Waals surface area contributed by atoms with Crippen molar-refractivity contribution in [2.75, 3.05) is 11.5 Å². The molecule has 0 saturated carbocycles. The smallest absolute Gasteiger partial charge is 0.227 e. The van der Waals surface area contributed by atoms with E-state index >= 15 is 0 Å². The average molecular weight is 419 g/mol. The first-order valence-electron chi connectivity index (χ1n) is 11.0. The highest BCUT2D eigenvalue weighted by Crippen LogP contribution is 2.32. The quantitative estimate of drug-likeness (QED) is 0.501. The fourth-order valence-corrected chi connectivity index (χ4v) is 4.18. The molecule has 2 aromatic carbocycles. The number of carbonyl (C=O) groups excluding carboxylic acids is 1. The molecule has 1 unspecified atom stereocenters. The minimum Gasteiger partial charge on any atom is -0.440 e. The summed E-state index contributed by atoms with van der Waals surface area (Å²) in [6.07, 6.45) is 3.92. The molecule has 31 heavy (non-hydrogen) atoms. The van der Waals surface area contributed by atoms with Crippen molar-refractivity contribution in [2.45, 2.75) is 59.6 Å². The number of rotatable bonds is 7. The number of benzene rings is 2. The predicted molar refractivity (Wildman–Crippen MR) is 122 cm³/mol. The van der Waals surface area contributed by atoms with Gasteiger partial charge in [-0.25, -0.2) is 4.98 Å². The lowest BCUT2D eigenvalue weighted by molar-refractivity contribution is -0.117. The van der Waals surface area contributed by atoms with Crippen LogP contribution in [0.25, 0.3) is 11.3 Å². The summed E-state index contributed by atoms with van der Waals surface area (Å²) in [6.45, 7) is 9.56. The zero-order chi connectivity index (χ0) is 22.0. The van der Waals surface area contributed by atoms with Crippen molar-refractivity contribution in [1.29, 1.82) is 0 Å². The van der Waals surface area contributed by atoms with E-state index in [1.165, 1.54) is 11.1 Å². The number of aromatic nitrogens is 1. The van der Waals surface area contributed by atoms with Crippen molar-refractivity contribution < 1.29 is 13.9 Å². The Labute approximate surface area is 184 Å². The van der Waals surface area contributed by atoms with E-state index < -0.39 is 0 Å². The largest absolute Gasteiger partial charge is 0.440 e. The molecule has 0 aliphatic carbocycles. The molecule has 0 radical (unpaired) electrons. The Morgan fingerprint density at radius 1 is 1.19 bits per heavy atom. The maximum atomic E-state index is 12.4. The number of anilines is 1. The summed E-state index contributed by atoms with van der Waals surface area (Å²) in [4.78, 5) is 18.8. The minimum atomic E-state index is 0.185. The maximum absolute atomic E-state index is 12.4. The Bertz CT molecular complexity index is 1090. The van der Waals surface area contributed by atoms with Crippen molar-refractivity contribution in [3.8, 4) is 11.3 Å². The summed E-state index contributed by atoms with van der Waals surface area (Å²) in [5, 5.41) is 0. The van der Waals surface area contributed by atoms with E-state index in [1.807, 2.05) is 24.8 Å². The molecule has 1 saturated heterocycles. The van der Waals surface area contributed by atoms with Gasteiger partial charge in [0.15, 0.2) is 11.7 Å². The first-order chi connectivity index (χ1) is 14.9. The lowest BCUT2D eigenvalue weighted by atomic mass is 10.0. The molecule has 1 aromatic heterocycles. The zero-order valence-corrected chi connectivity index (χ0v) is 18.8. The van der Waals surface area contributed by atoms with Gasteiger partial charge in [-0.2, -0.15) is 0 Å². The van der Waals surface area contributed by atoms with Crippen molar-refractivity contribution in [1.82, 2.24) is 4.98 Å². The molecule has 4 rings (SSSR count). The van der Waals surface area contributed by atoms with Crippen molar-refractivity contribution >= 4 is 11.6 Å². The van der Waals surface area contributed by atoms with E-state index in [0.717, 1.165) is 34.6 Å². The highest BCUT2D eigenvalue weighted by molar-refractivity contribution is 5.96. The molecule has 1 fully saturated rings. The van der Waals surface area contributed by atoms with E-state index in [2.05, 4.69) is 49.2 Å². The highest BCUT2D eigenvalue weighted by atomic mass is 16.5. The fraction of sp³-hybridized carbons (Fsp3) is 0.385. The summed E-state index contributed by atoms with van der Waals surface area (Å²) in [5.74, 6) is 1.59. The van der Waals surface area contributed by atoms with Crippen LogP contribution in [0.4, 0.5) is 5.69 Å². The Kier molecular flexibility index (Phi) is 6.23.